The Balaban J connectivity index is 3.08. The number of hydrogen-bond donors (Lipinski definition) is 2. The maximum atomic E-state index is 10.9. The van der Waals surface area contributed by atoms with Crippen LogP contribution in [0.3, 0.4) is 0 Å². The van der Waals surface area contributed by atoms with Gasteiger partial charge in [0, 0.05) is 13.1 Å². The van der Waals surface area contributed by atoms with Crippen molar-refractivity contribution in [2.24, 2.45) is 0 Å². The summed E-state index contributed by atoms with van der Waals surface area (Å²) in [7, 11) is 0. The van der Waals surface area contributed by atoms with Gasteiger partial charge in [0.15, 0.2) is 0 Å². The lowest BCUT2D eigenvalue weighted by Crippen LogP contribution is -2.27. The molecule has 0 aliphatic rings. The molecule has 0 atom stereocenters. The average molecular weight is 257 g/mol. The number of aromatic carboxylic acids is 1. The van der Waals surface area contributed by atoms with Gasteiger partial charge in [-0.15, -0.1) is 6.58 Å². The highest BCUT2D eigenvalue weighted by Crippen LogP contribution is 2.18. The number of carboxylic acid groups (broad SMARTS) is 1. The molecule has 0 unspecified atom stereocenters. The van der Waals surface area contributed by atoms with Crippen LogP contribution in [0.4, 0.5) is 5.82 Å². The van der Waals surface area contributed by atoms with Crippen molar-refractivity contribution in [3.63, 3.8) is 0 Å². The van der Waals surface area contributed by atoms with E-state index in [0.29, 0.717) is 18.9 Å². The molecule has 0 aliphatic heterocycles. The molecule has 1 aromatic rings. The maximum absolute atomic E-state index is 10.9. The molecule has 2 N–H and O–H groups in total. The molecule has 0 amide bonds. The van der Waals surface area contributed by atoms with Gasteiger partial charge in [-0.1, -0.05) is 17.7 Å². The molecule has 6 heteroatoms. The highest BCUT2D eigenvalue weighted by atomic mass is 35.5. The number of carboxylic acids is 1. The molecule has 0 saturated carbocycles. The highest BCUT2D eigenvalue weighted by molar-refractivity contribution is 6.29. The fraction of sp³-hybridized carbons (Fsp3) is 0.273. The summed E-state index contributed by atoms with van der Waals surface area (Å²) in [6, 6.07) is 2.69. The van der Waals surface area contributed by atoms with Crippen LogP contribution in [0.1, 0.15) is 10.4 Å². The van der Waals surface area contributed by atoms with Crippen LogP contribution in [0.15, 0.2) is 24.8 Å². The van der Waals surface area contributed by atoms with Gasteiger partial charge in [0.2, 0.25) is 0 Å². The van der Waals surface area contributed by atoms with Gasteiger partial charge in [0.05, 0.1) is 12.2 Å². The second-order valence-electron chi connectivity index (χ2n) is 3.30. The molecule has 17 heavy (non-hydrogen) atoms. The van der Waals surface area contributed by atoms with Gasteiger partial charge < -0.3 is 15.1 Å². The van der Waals surface area contributed by atoms with Gasteiger partial charge >= 0.3 is 5.97 Å². The second kappa shape index (κ2) is 6.22. The van der Waals surface area contributed by atoms with Crippen molar-refractivity contribution >= 4 is 23.4 Å². The number of nitrogens with zero attached hydrogens (tertiary/aromatic N) is 2. The minimum Gasteiger partial charge on any atom is -0.478 e. The first-order valence-electron chi connectivity index (χ1n) is 4.96. The van der Waals surface area contributed by atoms with Crippen LogP contribution in [-0.2, 0) is 0 Å². The average Bonchev–Trinajstić information content (AvgIpc) is 2.28. The van der Waals surface area contributed by atoms with Gasteiger partial charge in [-0.05, 0) is 12.1 Å². The number of rotatable bonds is 6. The molecule has 0 saturated heterocycles. The van der Waals surface area contributed by atoms with Gasteiger partial charge in [0.25, 0.3) is 0 Å². The lowest BCUT2D eigenvalue weighted by molar-refractivity contribution is 0.0697. The SMILES string of the molecule is C=CCN(CCO)c1cc(C(=O)O)cc(Cl)n1. The smallest absolute Gasteiger partial charge is 0.335 e. The second-order valence-corrected chi connectivity index (χ2v) is 3.69. The number of halogens is 1. The number of anilines is 1. The molecule has 0 aromatic carbocycles. The topological polar surface area (TPSA) is 73.7 Å². The molecule has 0 bridgehead atoms. The third-order valence-corrected chi connectivity index (χ3v) is 2.26. The van der Waals surface area contributed by atoms with Gasteiger partial charge in [-0.25, -0.2) is 9.78 Å². The van der Waals surface area contributed by atoms with E-state index in [1.807, 2.05) is 0 Å². The normalized spacial score (nSPS) is 10.0. The fourth-order valence-corrected chi connectivity index (χ4v) is 1.55. The van der Waals surface area contributed by atoms with E-state index >= 15 is 0 Å². The largest absolute Gasteiger partial charge is 0.478 e. The minimum absolute atomic E-state index is 0.0620. The molecule has 1 heterocycles. The van der Waals surface area contributed by atoms with E-state index in [0.717, 1.165) is 0 Å². The molecule has 0 aliphatic carbocycles. The number of aliphatic hydroxyl groups excluding tert-OH is 1. The Kier molecular flexibility index (Phi) is 4.93. The molecule has 0 spiro atoms. The Morgan fingerprint density at radius 1 is 1.59 bits per heavy atom. The maximum Gasteiger partial charge on any atom is 0.335 e. The molecule has 0 fully saturated rings. The van der Waals surface area contributed by atoms with Gasteiger partial charge in [0.1, 0.15) is 11.0 Å². The zero-order chi connectivity index (χ0) is 12.8. The summed E-state index contributed by atoms with van der Waals surface area (Å²) < 4.78 is 0. The monoisotopic (exact) mass is 256 g/mol. The quantitative estimate of drug-likeness (QED) is 0.595. The van der Waals surface area contributed by atoms with Crippen LogP contribution in [-0.4, -0.2) is 40.9 Å². The summed E-state index contributed by atoms with van der Waals surface area (Å²) >= 11 is 5.75. The first-order chi connectivity index (χ1) is 8.08. The summed E-state index contributed by atoms with van der Waals surface area (Å²) in [6.07, 6.45) is 1.64. The van der Waals surface area contributed by atoms with Gasteiger partial charge in [-0.3, -0.25) is 0 Å². The molecular formula is C11H13ClN2O3. The summed E-state index contributed by atoms with van der Waals surface area (Å²) in [5.41, 5.74) is 0.0620. The zero-order valence-electron chi connectivity index (χ0n) is 9.14. The van der Waals surface area contributed by atoms with Crippen molar-refractivity contribution in [1.82, 2.24) is 4.98 Å². The number of hydrogen-bond acceptors (Lipinski definition) is 4. The Hall–Kier alpha value is -1.59. The van der Waals surface area contributed by atoms with E-state index in [4.69, 9.17) is 21.8 Å². The number of aromatic nitrogens is 1. The Labute approximate surface area is 104 Å². The minimum atomic E-state index is -1.07. The summed E-state index contributed by atoms with van der Waals surface area (Å²) in [5, 5.41) is 17.9. The zero-order valence-corrected chi connectivity index (χ0v) is 9.89. The van der Waals surface area contributed by atoms with Crippen LogP contribution < -0.4 is 4.90 Å². The van der Waals surface area contributed by atoms with E-state index in [2.05, 4.69) is 11.6 Å². The van der Waals surface area contributed by atoms with Crippen LogP contribution in [0, 0.1) is 0 Å². The predicted molar refractivity (Wildman–Crippen MR) is 65.7 cm³/mol. The number of aliphatic hydroxyl groups is 1. The van der Waals surface area contributed by atoms with Crippen molar-refractivity contribution in [1.29, 1.82) is 0 Å². The predicted octanol–water partition coefficient (Wildman–Crippen LogP) is 1.42. The molecular weight excluding hydrogens is 244 g/mol. The third-order valence-electron chi connectivity index (χ3n) is 2.07. The molecule has 92 valence electrons. The fourth-order valence-electron chi connectivity index (χ4n) is 1.34. The van der Waals surface area contributed by atoms with Gasteiger partial charge in [-0.2, -0.15) is 0 Å². The molecule has 1 rings (SSSR count). The van der Waals surface area contributed by atoms with E-state index < -0.39 is 5.97 Å². The summed E-state index contributed by atoms with van der Waals surface area (Å²) in [4.78, 5) is 16.6. The van der Waals surface area contributed by atoms with Crippen molar-refractivity contribution in [3.8, 4) is 0 Å². The number of carbonyl (C=O) groups is 1. The van der Waals surface area contributed by atoms with Crippen molar-refractivity contribution in [3.05, 3.63) is 35.5 Å². The first-order valence-corrected chi connectivity index (χ1v) is 5.34. The summed E-state index contributed by atoms with van der Waals surface area (Å²) in [6.45, 7) is 4.31. The van der Waals surface area contributed by atoms with Crippen molar-refractivity contribution in [2.75, 3.05) is 24.6 Å². The van der Waals surface area contributed by atoms with Crippen molar-refractivity contribution < 1.29 is 15.0 Å². The molecule has 5 nitrogen and oxygen atoms in total. The van der Waals surface area contributed by atoms with Crippen LogP contribution in [0.2, 0.25) is 5.15 Å². The Morgan fingerprint density at radius 2 is 2.29 bits per heavy atom. The number of pyridine rings is 1. The van der Waals surface area contributed by atoms with Crippen molar-refractivity contribution in [2.45, 2.75) is 0 Å². The third kappa shape index (κ3) is 3.72. The van der Waals surface area contributed by atoms with E-state index in [1.165, 1.54) is 12.1 Å². The van der Waals surface area contributed by atoms with E-state index in [1.54, 1.807) is 11.0 Å². The molecule has 0 radical (unpaired) electrons. The van der Waals surface area contributed by atoms with E-state index in [9.17, 15) is 4.79 Å². The molecule has 1 aromatic heterocycles. The lowest BCUT2D eigenvalue weighted by atomic mass is 10.2. The summed E-state index contributed by atoms with van der Waals surface area (Å²) in [5.74, 6) is -0.665. The standard InChI is InChI=1S/C11H13ClN2O3/c1-2-3-14(4-5-15)10-7-8(11(16)17)6-9(12)13-10/h2,6-7,15H,1,3-5H2,(H,16,17). The first kappa shape index (κ1) is 13.5. The Morgan fingerprint density at radius 3 is 2.82 bits per heavy atom. The van der Waals surface area contributed by atoms with Crippen LogP contribution in [0.25, 0.3) is 0 Å². The van der Waals surface area contributed by atoms with Crippen LogP contribution in [0.5, 0.6) is 0 Å². The Bertz CT molecular complexity index is 423. The van der Waals surface area contributed by atoms with E-state index in [-0.39, 0.29) is 17.3 Å². The lowest BCUT2D eigenvalue weighted by Gasteiger charge is -2.21. The highest BCUT2D eigenvalue weighted by Gasteiger charge is 2.11. The van der Waals surface area contributed by atoms with Crippen LogP contribution >= 0.6 is 11.6 Å².